The first kappa shape index (κ1) is 26.0. The standard InChI is InChI=1S/C26H29NO7S/c1-3-15-33-23-12-10-20(17-24(23)32-4-2)11-13-26(29)34-18-25(28)27(21-8-6-5-7-9-21)22-14-16-35(30,31)19-22/h5-14,16-17,22H,3-4,15,18-19H2,1-2H3/b13-11+. The highest BCUT2D eigenvalue weighted by Gasteiger charge is 2.31. The molecule has 1 aliphatic rings. The average Bonchev–Trinajstić information content (AvgIpc) is 3.20. The van der Waals surface area contributed by atoms with E-state index in [1.54, 1.807) is 54.6 Å². The number of ether oxygens (including phenoxy) is 3. The molecule has 186 valence electrons. The Hall–Kier alpha value is -3.59. The first-order chi connectivity index (χ1) is 16.8. The summed E-state index contributed by atoms with van der Waals surface area (Å²) in [7, 11) is -3.38. The highest BCUT2D eigenvalue weighted by Crippen LogP contribution is 2.29. The smallest absolute Gasteiger partial charge is 0.331 e. The maximum Gasteiger partial charge on any atom is 0.331 e. The summed E-state index contributed by atoms with van der Waals surface area (Å²) in [5.41, 5.74) is 1.22. The molecule has 9 heteroatoms. The topological polar surface area (TPSA) is 99.2 Å². The lowest BCUT2D eigenvalue weighted by molar-refractivity contribution is -0.143. The second-order valence-corrected chi connectivity index (χ2v) is 9.68. The van der Waals surface area contributed by atoms with Crippen molar-refractivity contribution in [2.75, 3.05) is 30.5 Å². The lowest BCUT2D eigenvalue weighted by atomic mass is 10.2. The molecule has 8 nitrogen and oxygen atoms in total. The molecule has 0 spiro atoms. The Labute approximate surface area is 205 Å². The zero-order valence-corrected chi connectivity index (χ0v) is 20.6. The van der Waals surface area contributed by atoms with E-state index in [4.69, 9.17) is 14.2 Å². The first-order valence-corrected chi connectivity index (χ1v) is 13.1. The number of carbonyl (C=O) groups is 2. The van der Waals surface area contributed by atoms with E-state index in [0.29, 0.717) is 36.0 Å². The van der Waals surface area contributed by atoms with Gasteiger partial charge >= 0.3 is 5.97 Å². The maximum absolute atomic E-state index is 12.9. The second kappa shape index (κ2) is 12.2. The summed E-state index contributed by atoms with van der Waals surface area (Å²) in [5.74, 6) is -0.250. The fraction of sp³-hybridized carbons (Fsp3) is 0.308. The highest BCUT2D eigenvalue weighted by molar-refractivity contribution is 7.94. The van der Waals surface area contributed by atoms with Crippen molar-refractivity contribution in [2.45, 2.75) is 26.3 Å². The summed E-state index contributed by atoms with van der Waals surface area (Å²) in [5, 5.41) is 1.10. The molecule has 0 saturated carbocycles. The summed E-state index contributed by atoms with van der Waals surface area (Å²) in [4.78, 5) is 26.5. The summed E-state index contributed by atoms with van der Waals surface area (Å²) in [6, 6.07) is 13.3. The van der Waals surface area contributed by atoms with Gasteiger partial charge in [0.05, 0.1) is 25.0 Å². The van der Waals surface area contributed by atoms with Crippen molar-refractivity contribution in [1.29, 1.82) is 0 Å². The van der Waals surface area contributed by atoms with Crippen LogP contribution >= 0.6 is 0 Å². The van der Waals surface area contributed by atoms with E-state index >= 15 is 0 Å². The minimum atomic E-state index is -3.38. The van der Waals surface area contributed by atoms with Crippen LogP contribution in [-0.4, -0.2) is 51.9 Å². The van der Waals surface area contributed by atoms with Crippen molar-refractivity contribution in [1.82, 2.24) is 0 Å². The third-order valence-electron chi connectivity index (χ3n) is 5.02. The molecule has 2 aromatic rings. The molecule has 0 bridgehead atoms. The Bertz CT molecular complexity index is 1190. The van der Waals surface area contributed by atoms with Gasteiger partial charge in [0.2, 0.25) is 0 Å². The predicted octanol–water partition coefficient (Wildman–Crippen LogP) is 3.77. The molecule has 1 amide bonds. The maximum atomic E-state index is 12.9. The van der Waals surface area contributed by atoms with Crippen molar-refractivity contribution in [3.8, 4) is 11.5 Å². The fourth-order valence-electron chi connectivity index (χ4n) is 3.47. The molecule has 0 aromatic heterocycles. The van der Waals surface area contributed by atoms with Crippen LogP contribution in [0.15, 0.2) is 66.1 Å². The van der Waals surface area contributed by atoms with Crippen LogP contribution in [0.2, 0.25) is 0 Å². The number of anilines is 1. The summed E-state index contributed by atoms with van der Waals surface area (Å²) in [6.45, 7) is 4.39. The van der Waals surface area contributed by atoms with Crippen molar-refractivity contribution >= 4 is 33.5 Å². The van der Waals surface area contributed by atoms with E-state index in [0.717, 1.165) is 11.8 Å². The van der Waals surface area contributed by atoms with Crippen molar-refractivity contribution in [3.63, 3.8) is 0 Å². The molecule has 1 aliphatic heterocycles. The van der Waals surface area contributed by atoms with E-state index in [-0.39, 0.29) is 5.75 Å². The number of benzene rings is 2. The zero-order chi connectivity index (χ0) is 25.3. The Kier molecular flexibility index (Phi) is 9.08. The van der Waals surface area contributed by atoms with Gasteiger partial charge in [-0.15, -0.1) is 0 Å². The number of rotatable bonds is 11. The van der Waals surface area contributed by atoms with Crippen LogP contribution in [0, 0.1) is 0 Å². The minimum absolute atomic E-state index is 0.221. The number of amides is 1. The molecular formula is C26H29NO7S. The number of para-hydroxylation sites is 1. The SMILES string of the molecule is CCCOc1ccc(/C=C/C(=O)OCC(=O)N(c2ccccc2)C2C=CS(=O)(=O)C2)cc1OCC. The van der Waals surface area contributed by atoms with Gasteiger partial charge < -0.3 is 19.1 Å². The summed E-state index contributed by atoms with van der Waals surface area (Å²) < 4.78 is 40.2. The quantitative estimate of drug-likeness (QED) is 0.343. The van der Waals surface area contributed by atoms with Crippen molar-refractivity contribution in [3.05, 3.63) is 71.7 Å². The van der Waals surface area contributed by atoms with E-state index in [1.165, 1.54) is 17.1 Å². The van der Waals surface area contributed by atoms with Crippen LogP contribution in [0.4, 0.5) is 5.69 Å². The molecule has 2 aromatic carbocycles. The van der Waals surface area contributed by atoms with Crippen molar-refractivity contribution in [2.24, 2.45) is 0 Å². The Morgan fingerprint density at radius 3 is 2.49 bits per heavy atom. The number of nitrogens with zero attached hydrogens (tertiary/aromatic N) is 1. The fourth-order valence-corrected chi connectivity index (χ4v) is 4.74. The Balaban J connectivity index is 1.65. The lowest BCUT2D eigenvalue weighted by Crippen LogP contribution is -2.43. The largest absolute Gasteiger partial charge is 0.490 e. The lowest BCUT2D eigenvalue weighted by Gasteiger charge is -2.27. The molecule has 1 unspecified atom stereocenters. The van der Waals surface area contributed by atoms with Crippen LogP contribution in [0.3, 0.4) is 0 Å². The Morgan fingerprint density at radius 1 is 1.06 bits per heavy atom. The van der Waals surface area contributed by atoms with Gasteiger partial charge in [-0.1, -0.05) is 31.2 Å². The summed E-state index contributed by atoms with van der Waals surface area (Å²) >= 11 is 0. The van der Waals surface area contributed by atoms with Crippen LogP contribution in [0.1, 0.15) is 25.8 Å². The second-order valence-electron chi connectivity index (χ2n) is 7.75. The molecule has 35 heavy (non-hydrogen) atoms. The molecule has 0 N–H and O–H groups in total. The molecular weight excluding hydrogens is 470 g/mol. The van der Waals surface area contributed by atoms with Crippen molar-refractivity contribution < 1.29 is 32.2 Å². The number of hydrogen-bond donors (Lipinski definition) is 0. The van der Waals surface area contributed by atoms with E-state index in [2.05, 4.69) is 0 Å². The minimum Gasteiger partial charge on any atom is -0.490 e. The number of carbonyl (C=O) groups excluding carboxylic acids is 2. The summed E-state index contributed by atoms with van der Waals surface area (Å²) in [6.07, 6.45) is 5.11. The third-order valence-corrected chi connectivity index (χ3v) is 6.40. The van der Waals surface area contributed by atoms with Gasteiger partial charge in [0.15, 0.2) is 27.9 Å². The van der Waals surface area contributed by atoms with Gasteiger partial charge in [-0.25, -0.2) is 13.2 Å². The molecule has 0 aliphatic carbocycles. The van der Waals surface area contributed by atoms with Gasteiger partial charge in [-0.2, -0.15) is 0 Å². The molecule has 0 radical (unpaired) electrons. The van der Waals surface area contributed by atoms with Crippen LogP contribution < -0.4 is 14.4 Å². The van der Waals surface area contributed by atoms with E-state index < -0.39 is 34.4 Å². The van der Waals surface area contributed by atoms with Crippen LogP contribution in [0.25, 0.3) is 6.08 Å². The van der Waals surface area contributed by atoms with Crippen LogP contribution in [-0.2, 0) is 24.2 Å². The normalized spacial score (nSPS) is 16.2. The number of hydrogen-bond acceptors (Lipinski definition) is 7. The average molecular weight is 500 g/mol. The molecule has 0 saturated heterocycles. The number of esters is 1. The first-order valence-electron chi connectivity index (χ1n) is 11.4. The molecule has 0 fully saturated rings. The number of sulfone groups is 1. The van der Waals surface area contributed by atoms with Crippen LogP contribution in [0.5, 0.6) is 11.5 Å². The zero-order valence-electron chi connectivity index (χ0n) is 19.8. The van der Waals surface area contributed by atoms with Gasteiger partial charge in [0.1, 0.15) is 0 Å². The van der Waals surface area contributed by atoms with Gasteiger partial charge in [0.25, 0.3) is 5.91 Å². The molecule has 1 heterocycles. The van der Waals surface area contributed by atoms with Gasteiger partial charge in [-0.3, -0.25) is 4.79 Å². The van der Waals surface area contributed by atoms with E-state index in [9.17, 15) is 18.0 Å². The highest BCUT2D eigenvalue weighted by atomic mass is 32.2. The molecule has 3 rings (SSSR count). The molecule has 1 atom stereocenters. The van der Waals surface area contributed by atoms with Gasteiger partial charge in [0, 0.05) is 17.2 Å². The third kappa shape index (κ3) is 7.45. The predicted molar refractivity (Wildman–Crippen MR) is 134 cm³/mol. The monoisotopic (exact) mass is 499 g/mol. The van der Waals surface area contributed by atoms with E-state index in [1.807, 2.05) is 13.8 Å². The van der Waals surface area contributed by atoms with Gasteiger partial charge in [-0.05, 0) is 55.3 Å². The Morgan fingerprint density at radius 2 is 1.83 bits per heavy atom.